The normalized spacial score (nSPS) is 11.1. The highest BCUT2D eigenvalue weighted by molar-refractivity contribution is 6.00. The Kier molecular flexibility index (Phi) is 3.50. The molecule has 0 fully saturated rings. The number of para-hydroxylation sites is 1. The fourth-order valence-corrected chi connectivity index (χ4v) is 1.39. The first-order chi connectivity index (χ1) is 8.94. The second-order valence-electron chi connectivity index (χ2n) is 5.11. The predicted octanol–water partition coefficient (Wildman–Crippen LogP) is 2.53. The van der Waals surface area contributed by atoms with E-state index in [0.717, 1.165) is 0 Å². The molecule has 2 N–H and O–H groups in total. The van der Waals surface area contributed by atoms with E-state index in [0.29, 0.717) is 5.69 Å². The number of rotatable bonds is 3. The van der Waals surface area contributed by atoms with E-state index in [4.69, 9.17) is 4.42 Å². The van der Waals surface area contributed by atoms with Crippen molar-refractivity contribution in [3.63, 3.8) is 0 Å². The summed E-state index contributed by atoms with van der Waals surface area (Å²) in [7, 11) is 0. The van der Waals surface area contributed by atoms with E-state index in [1.165, 1.54) is 0 Å². The van der Waals surface area contributed by atoms with Crippen LogP contribution >= 0.6 is 0 Å². The first-order valence-electron chi connectivity index (χ1n) is 5.92. The highest BCUT2D eigenvalue weighted by Crippen LogP contribution is 2.14. The molecule has 0 bridgehead atoms. The van der Waals surface area contributed by atoms with Crippen molar-refractivity contribution in [2.75, 3.05) is 10.6 Å². The fourth-order valence-electron chi connectivity index (χ4n) is 1.39. The van der Waals surface area contributed by atoms with Crippen LogP contribution in [0.5, 0.6) is 0 Å². The Morgan fingerprint density at radius 3 is 2.47 bits per heavy atom. The lowest BCUT2D eigenvalue weighted by atomic mass is 10.1. The molecule has 1 amide bonds. The molecule has 100 valence electrons. The second-order valence-corrected chi connectivity index (χ2v) is 5.11. The van der Waals surface area contributed by atoms with Gasteiger partial charge in [0.15, 0.2) is 0 Å². The van der Waals surface area contributed by atoms with Crippen molar-refractivity contribution in [2.24, 2.45) is 0 Å². The highest BCUT2D eigenvalue weighted by Gasteiger charge is 2.18. The van der Waals surface area contributed by atoms with E-state index >= 15 is 0 Å². The summed E-state index contributed by atoms with van der Waals surface area (Å²) in [6, 6.07) is 9.32. The molecule has 6 nitrogen and oxygen atoms in total. The standard InChI is InChI=1S/C13H16N4O2/c1-13(2,3)15-12-17-16-11(19-12)10(18)14-9-7-5-4-6-8-9/h4-8H,1-3H3,(H,14,18)(H,15,17). The Hall–Kier alpha value is -2.37. The number of hydrogen-bond donors (Lipinski definition) is 2. The zero-order chi connectivity index (χ0) is 13.9. The molecule has 0 unspecified atom stereocenters. The van der Waals surface area contributed by atoms with Crippen molar-refractivity contribution in [3.8, 4) is 0 Å². The van der Waals surface area contributed by atoms with Gasteiger partial charge in [0, 0.05) is 11.2 Å². The lowest BCUT2D eigenvalue weighted by molar-refractivity contribution is 0.0990. The van der Waals surface area contributed by atoms with Crippen LogP contribution in [0.3, 0.4) is 0 Å². The lowest BCUT2D eigenvalue weighted by Crippen LogP contribution is -2.26. The summed E-state index contributed by atoms with van der Waals surface area (Å²) < 4.78 is 5.25. The van der Waals surface area contributed by atoms with E-state index in [2.05, 4.69) is 20.8 Å². The van der Waals surface area contributed by atoms with E-state index in [1.54, 1.807) is 12.1 Å². The molecule has 1 aromatic heterocycles. The van der Waals surface area contributed by atoms with Crippen LogP contribution < -0.4 is 10.6 Å². The molecular formula is C13H16N4O2. The van der Waals surface area contributed by atoms with Gasteiger partial charge in [-0.3, -0.25) is 4.79 Å². The van der Waals surface area contributed by atoms with Crippen molar-refractivity contribution in [1.29, 1.82) is 0 Å². The number of carbonyl (C=O) groups excluding carboxylic acids is 1. The number of anilines is 2. The minimum atomic E-state index is -0.430. The third kappa shape index (κ3) is 3.80. The third-order valence-corrected chi connectivity index (χ3v) is 2.13. The molecule has 19 heavy (non-hydrogen) atoms. The molecule has 1 heterocycles. The van der Waals surface area contributed by atoms with Crippen LogP contribution in [0.2, 0.25) is 0 Å². The SMILES string of the molecule is CC(C)(C)Nc1nnc(C(=O)Nc2ccccc2)o1. The zero-order valence-electron chi connectivity index (χ0n) is 11.1. The molecule has 0 aliphatic carbocycles. The maximum absolute atomic E-state index is 11.9. The molecule has 0 aliphatic rings. The van der Waals surface area contributed by atoms with E-state index in [9.17, 15) is 4.79 Å². The van der Waals surface area contributed by atoms with Gasteiger partial charge in [0.05, 0.1) is 0 Å². The Labute approximate surface area is 111 Å². The van der Waals surface area contributed by atoms with Crippen molar-refractivity contribution < 1.29 is 9.21 Å². The van der Waals surface area contributed by atoms with Crippen molar-refractivity contribution in [3.05, 3.63) is 36.2 Å². The quantitative estimate of drug-likeness (QED) is 0.886. The number of nitrogens with zero attached hydrogens (tertiary/aromatic N) is 2. The van der Waals surface area contributed by atoms with Gasteiger partial charge in [-0.25, -0.2) is 0 Å². The van der Waals surface area contributed by atoms with Gasteiger partial charge in [-0.05, 0) is 32.9 Å². The molecule has 1 aromatic carbocycles. The number of benzene rings is 1. The van der Waals surface area contributed by atoms with Crippen LogP contribution in [0.4, 0.5) is 11.7 Å². The molecular weight excluding hydrogens is 244 g/mol. The van der Waals surface area contributed by atoms with Crippen LogP contribution in [0.1, 0.15) is 31.5 Å². The first kappa shape index (κ1) is 13.1. The Morgan fingerprint density at radius 1 is 1.16 bits per heavy atom. The number of amides is 1. The summed E-state index contributed by atoms with van der Waals surface area (Å²) in [4.78, 5) is 11.9. The third-order valence-electron chi connectivity index (χ3n) is 2.13. The number of nitrogens with one attached hydrogen (secondary N) is 2. The van der Waals surface area contributed by atoms with Gasteiger partial charge in [-0.2, -0.15) is 0 Å². The molecule has 2 aromatic rings. The second kappa shape index (κ2) is 5.09. The van der Waals surface area contributed by atoms with E-state index < -0.39 is 5.91 Å². The van der Waals surface area contributed by atoms with Crippen LogP contribution in [0.25, 0.3) is 0 Å². The summed E-state index contributed by atoms with van der Waals surface area (Å²) in [6.07, 6.45) is 0. The van der Waals surface area contributed by atoms with Gasteiger partial charge >= 0.3 is 17.8 Å². The Balaban J connectivity index is 2.04. The molecule has 0 aliphatic heterocycles. The smallest absolute Gasteiger partial charge is 0.316 e. The first-order valence-corrected chi connectivity index (χ1v) is 5.92. The lowest BCUT2D eigenvalue weighted by Gasteiger charge is -2.17. The summed E-state index contributed by atoms with van der Waals surface area (Å²) in [6.45, 7) is 5.88. The van der Waals surface area contributed by atoms with Crippen molar-refractivity contribution in [2.45, 2.75) is 26.3 Å². The van der Waals surface area contributed by atoms with Gasteiger partial charge < -0.3 is 15.1 Å². The monoisotopic (exact) mass is 260 g/mol. The zero-order valence-corrected chi connectivity index (χ0v) is 11.1. The molecule has 0 radical (unpaired) electrons. The number of hydrogen-bond acceptors (Lipinski definition) is 5. The largest absolute Gasteiger partial charge is 0.399 e. The Morgan fingerprint density at radius 2 is 1.84 bits per heavy atom. The van der Waals surface area contributed by atoms with Gasteiger partial charge in [0.25, 0.3) is 0 Å². The number of carbonyl (C=O) groups is 1. The summed E-state index contributed by atoms with van der Waals surface area (Å²) in [5.41, 5.74) is 0.468. The van der Waals surface area contributed by atoms with Crippen molar-refractivity contribution >= 4 is 17.6 Å². The van der Waals surface area contributed by atoms with Crippen LogP contribution in [0.15, 0.2) is 34.7 Å². The van der Waals surface area contributed by atoms with Gasteiger partial charge in [0.2, 0.25) is 0 Å². The molecule has 0 atom stereocenters. The van der Waals surface area contributed by atoms with E-state index in [-0.39, 0.29) is 17.4 Å². The maximum atomic E-state index is 11.9. The summed E-state index contributed by atoms with van der Waals surface area (Å²) in [5.74, 6) is -0.503. The van der Waals surface area contributed by atoms with Gasteiger partial charge in [-0.15, -0.1) is 5.10 Å². The number of aromatic nitrogens is 2. The summed E-state index contributed by atoms with van der Waals surface area (Å²) in [5, 5.41) is 13.2. The van der Waals surface area contributed by atoms with Gasteiger partial charge in [-0.1, -0.05) is 23.3 Å². The minimum Gasteiger partial charge on any atom is -0.399 e. The average molecular weight is 260 g/mol. The molecule has 0 saturated carbocycles. The van der Waals surface area contributed by atoms with E-state index in [1.807, 2.05) is 39.0 Å². The van der Waals surface area contributed by atoms with Crippen LogP contribution in [0, 0.1) is 0 Å². The molecule has 0 spiro atoms. The van der Waals surface area contributed by atoms with Crippen LogP contribution in [-0.2, 0) is 0 Å². The summed E-state index contributed by atoms with van der Waals surface area (Å²) >= 11 is 0. The maximum Gasteiger partial charge on any atom is 0.316 e. The van der Waals surface area contributed by atoms with Crippen LogP contribution in [-0.4, -0.2) is 21.6 Å². The van der Waals surface area contributed by atoms with Crippen molar-refractivity contribution in [1.82, 2.24) is 10.2 Å². The highest BCUT2D eigenvalue weighted by atomic mass is 16.4. The fraction of sp³-hybridized carbons (Fsp3) is 0.308. The Bertz CT molecular complexity index is 558. The molecule has 6 heteroatoms. The molecule has 0 saturated heterocycles. The predicted molar refractivity (Wildman–Crippen MR) is 72.1 cm³/mol. The topological polar surface area (TPSA) is 80.0 Å². The average Bonchev–Trinajstić information content (AvgIpc) is 2.76. The molecule has 2 rings (SSSR count). The van der Waals surface area contributed by atoms with Gasteiger partial charge in [0.1, 0.15) is 0 Å². The minimum absolute atomic E-state index is 0.0735.